The van der Waals surface area contributed by atoms with Crippen LogP contribution in [0.25, 0.3) is 0 Å². The molecule has 0 spiro atoms. The molecule has 98 valence electrons. The average molecular weight is 254 g/mol. The van der Waals surface area contributed by atoms with Gasteiger partial charge in [-0.1, -0.05) is 6.07 Å². The van der Waals surface area contributed by atoms with Gasteiger partial charge in [-0.25, -0.2) is 14.6 Å². The van der Waals surface area contributed by atoms with E-state index in [2.05, 4.69) is 9.72 Å². The lowest BCUT2D eigenvalue weighted by molar-refractivity contribution is -0.140. The van der Waals surface area contributed by atoms with Crippen LogP contribution in [0.4, 0.5) is 0 Å². The number of esters is 1. The minimum atomic E-state index is -1.23. The Bertz CT molecular complexity index is 433. The first-order valence-electron chi connectivity index (χ1n) is 5.23. The molecule has 1 aromatic heterocycles. The number of hydrogen-bond acceptors (Lipinski definition) is 6. The van der Waals surface area contributed by atoms with Gasteiger partial charge < -0.3 is 20.3 Å². The number of carboxylic acid groups (broad SMARTS) is 1. The summed E-state index contributed by atoms with van der Waals surface area (Å²) in [6.07, 6.45) is 0. The number of aromatic nitrogens is 1. The van der Waals surface area contributed by atoms with Crippen LogP contribution in [0.3, 0.4) is 0 Å². The van der Waals surface area contributed by atoms with Crippen LogP contribution in [-0.2, 0) is 9.53 Å². The van der Waals surface area contributed by atoms with Crippen LogP contribution >= 0.6 is 0 Å². The van der Waals surface area contributed by atoms with Gasteiger partial charge in [0.1, 0.15) is 6.61 Å². The van der Waals surface area contributed by atoms with Crippen molar-refractivity contribution in [3.63, 3.8) is 0 Å². The molecule has 1 aromatic rings. The maximum absolute atomic E-state index is 11.4. The van der Waals surface area contributed by atoms with Gasteiger partial charge in [-0.3, -0.25) is 0 Å². The Morgan fingerprint density at radius 1 is 1.50 bits per heavy atom. The summed E-state index contributed by atoms with van der Waals surface area (Å²) in [7, 11) is 0. The van der Waals surface area contributed by atoms with Crippen molar-refractivity contribution < 1.29 is 24.2 Å². The van der Waals surface area contributed by atoms with Gasteiger partial charge >= 0.3 is 11.9 Å². The van der Waals surface area contributed by atoms with Crippen molar-refractivity contribution in [2.45, 2.75) is 13.0 Å². The molecule has 18 heavy (non-hydrogen) atoms. The highest BCUT2D eigenvalue weighted by molar-refractivity contribution is 5.88. The lowest BCUT2D eigenvalue weighted by Gasteiger charge is -2.08. The number of nitrogens with zero attached hydrogens (tertiary/aromatic N) is 1. The van der Waals surface area contributed by atoms with E-state index >= 15 is 0 Å². The standard InChI is InChI=1S/C11H14N2O5/c1-7(12)5-17-9-4-2-3-8(13-9)11(16)18-6-10(14)15/h2-4,7H,5-6,12H2,1H3,(H,14,15). The van der Waals surface area contributed by atoms with Crippen molar-refractivity contribution in [1.29, 1.82) is 0 Å². The molecule has 0 aromatic carbocycles. The molecule has 0 amide bonds. The normalized spacial score (nSPS) is 11.7. The molecule has 1 rings (SSSR count). The zero-order chi connectivity index (χ0) is 13.5. The van der Waals surface area contributed by atoms with Gasteiger partial charge in [0.15, 0.2) is 12.3 Å². The van der Waals surface area contributed by atoms with Gasteiger partial charge in [-0.05, 0) is 13.0 Å². The van der Waals surface area contributed by atoms with Crippen molar-refractivity contribution in [3.8, 4) is 5.88 Å². The topological polar surface area (TPSA) is 112 Å². The summed E-state index contributed by atoms with van der Waals surface area (Å²) in [5, 5.41) is 8.37. The highest BCUT2D eigenvalue weighted by Gasteiger charge is 2.12. The lowest BCUT2D eigenvalue weighted by atomic mass is 10.3. The van der Waals surface area contributed by atoms with Crippen molar-refractivity contribution in [2.75, 3.05) is 13.2 Å². The van der Waals surface area contributed by atoms with Crippen LogP contribution in [-0.4, -0.2) is 41.3 Å². The maximum Gasteiger partial charge on any atom is 0.357 e. The summed E-state index contributed by atoms with van der Waals surface area (Å²) in [5.74, 6) is -1.81. The zero-order valence-electron chi connectivity index (χ0n) is 9.83. The molecule has 3 N–H and O–H groups in total. The number of hydrogen-bond donors (Lipinski definition) is 2. The number of carbonyl (C=O) groups excluding carboxylic acids is 1. The Balaban J connectivity index is 2.63. The molecule has 0 aliphatic heterocycles. The van der Waals surface area contributed by atoms with Crippen LogP contribution in [0.1, 0.15) is 17.4 Å². The Kier molecular flexibility index (Phi) is 5.06. The number of carbonyl (C=O) groups is 2. The number of ether oxygens (including phenoxy) is 2. The first-order chi connectivity index (χ1) is 8.49. The molecule has 0 bridgehead atoms. The molecule has 7 heteroatoms. The third-order valence-electron chi connectivity index (χ3n) is 1.75. The summed E-state index contributed by atoms with van der Waals surface area (Å²) in [6, 6.07) is 4.37. The Morgan fingerprint density at radius 3 is 2.83 bits per heavy atom. The quantitative estimate of drug-likeness (QED) is 0.689. The molecule has 0 radical (unpaired) electrons. The fraction of sp³-hybridized carbons (Fsp3) is 0.364. The first kappa shape index (κ1) is 13.9. The highest BCUT2D eigenvalue weighted by Crippen LogP contribution is 2.08. The van der Waals surface area contributed by atoms with E-state index in [0.29, 0.717) is 0 Å². The maximum atomic E-state index is 11.4. The number of aliphatic carboxylic acids is 1. The van der Waals surface area contributed by atoms with Gasteiger partial charge in [0.2, 0.25) is 5.88 Å². The summed E-state index contributed by atoms with van der Waals surface area (Å²) in [4.78, 5) is 25.5. The predicted molar refractivity (Wildman–Crippen MR) is 61.3 cm³/mol. The third-order valence-corrected chi connectivity index (χ3v) is 1.75. The van der Waals surface area contributed by atoms with Gasteiger partial charge in [0, 0.05) is 12.1 Å². The van der Waals surface area contributed by atoms with E-state index in [1.807, 2.05) is 0 Å². The average Bonchev–Trinajstić information content (AvgIpc) is 2.33. The second-order valence-electron chi connectivity index (χ2n) is 3.62. The van der Waals surface area contributed by atoms with Crippen molar-refractivity contribution in [2.24, 2.45) is 5.73 Å². The minimum Gasteiger partial charge on any atom is -0.479 e. The number of rotatable bonds is 6. The van der Waals surface area contributed by atoms with Crippen molar-refractivity contribution >= 4 is 11.9 Å². The molecule has 0 aliphatic carbocycles. The molecule has 0 aliphatic rings. The minimum absolute atomic E-state index is 0.0153. The van der Waals surface area contributed by atoms with Gasteiger partial charge in [-0.15, -0.1) is 0 Å². The first-order valence-corrected chi connectivity index (χ1v) is 5.23. The van der Waals surface area contributed by atoms with Gasteiger partial charge in [0.05, 0.1) is 0 Å². The molecule has 0 saturated carbocycles. The van der Waals surface area contributed by atoms with Crippen molar-refractivity contribution in [1.82, 2.24) is 4.98 Å². The predicted octanol–water partition coefficient (Wildman–Crippen LogP) is 0.0490. The van der Waals surface area contributed by atoms with Crippen molar-refractivity contribution in [3.05, 3.63) is 23.9 Å². The Hall–Kier alpha value is -2.15. The molecule has 0 fully saturated rings. The molecule has 1 heterocycles. The Labute approximate surface area is 104 Å². The largest absolute Gasteiger partial charge is 0.479 e. The number of pyridine rings is 1. The third kappa shape index (κ3) is 4.79. The Morgan fingerprint density at radius 2 is 2.22 bits per heavy atom. The van der Waals surface area contributed by atoms with Crippen LogP contribution < -0.4 is 10.5 Å². The van der Waals surface area contributed by atoms with Crippen LogP contribution in [0, 0.1) is 0 Å². The van der Waals surface area contributed by atoms with E-state index in [-0.39, 0.29) is 24.2 Å². The van der Waals surface area contributed by atoms with E-state index in [4.69, 9.17) is 15.6 Å². The summed E-state index contributed by atoms with van der Waals surface area (Å²) < 4.78 is 9.71. The molecular weight excluding hydrogens is 240 g/mol. The van der Waals surface area contributed by atoms with E-state index < -0.39 is 18.5 Å². The number of carboxylic acids is 1. The molecule has 1 unspecified atom stereocenters. The van der Waals surface area contributed by atoms with E-state index in [1.165, 1.54) is 6.07 Å². The second kappa shape index (κ2) is 6.55. The summed E-state index contributed by atoms with van der Waals surface area (Å²) in [5.41, 5.74) is 5.49. The van der Waals surface area contributed by atoms with E-state index in [9.17, 15) is 9.59 Å². The van der Waals surface area contributed by atoms with Gasteiger partial charge in [-0.2, -0.15) is 0 Å². The highest BCUT2D eigenvalue weighted by atomic mass is 16.5. The lowest BCUT2D eigenvalue weighted by Crippen LogP contribution is -2.24. The van der Waals surface area contributed by atoms with Gasteiger partial charge in [0.25, 0.3) is 0 Å². The van der Waals surface area contributed by atoms with Crippen LogP contribution in [0.5, 0.6) is 5.88 Å². The van der Waals surface area contributed by atoms with E-state index in [1.54, 1.807) is 19.1 Å². The van der Waals surface area contributed by atoms with Crippen LogP contribution in [0.2, 0.25) is 0 Å². The summed E-state index contributed by atoms with van der Waals surface area (Å²) >= 11 is 0. The fourth-order valence-corrected chi connectivity index (χ4v) is 1.03. The number of nitrogens with two attached hydrogens (primary N) is 1. The molecule has 0 saturated heterocycles. The molecule has 7 nitrogen and oxygen atoms in total. The van der Waals surface area contributed by atoms with E-state index in [0.717, 1.165) is 0 Å². The fourth-order valence-electron chi connectivity index (χ4n) is 1.03. The zero-order valence-corrected chi connectivity index (χ0v) is 9.83. The SMILES string of the molecule is CC(N)COc1cccc(C(=O)OCC(=O)O)n1. The monoisotopic (exact) mass is 254 g/mol. The second-order valence-corrected chi connectivity index (χ2v) is 3.62. The molecular formula is C11H14N2O5. The smallest absolute Gasteiger partial charge is 0.357 e. The molecule has 1 atom stereocenters. The summed E-state index contributed by atoms with van der Waals surface area (Å²) in [6.45, 7) is 1.33. The van der Waals surface area contributed by atoms with Crippen LogP contribution in [0.15, 0.2) is 18.2 Å².